The van der Waals surface area contributed by atoms with Gasteiger partial charge in [0.05, 0.1) is 35.4 Å². The van der Waals surface area contributed by atoms with Crippen molar-refractivity contribution in [2.45, 2.75) is 0 Å². The van der Waals surface area contributed by atoms with Crippen molar-refractivity contribution in [2.24, 2.45) is 0 Å². The molecule has 0 fully saturated rings. The number of aromatic nitrogens is 3. The molecule has 0 aliphatic heterocycles. The number of hydrogen-bond acceptors (Lipinski definition) is 10. The number of anilines is 9. The Morgan fingerprint density at radius 2 is 0.723 bits per heavy atom. The molecular formula is C120H74N6O4. The van der Waals surface area contributed by atoms with Crippen LogP contribution in [0.3, 0.4) is 0 Å². The fourth-order valence-corrected chi connectivity index (χ4v) is 20.3. The molecular weight excluding hydrogens is 1590 g/mol. The molecule has 608 valence electrons. The number of hydrogen-bond donors (Lipinski definition) is 0. The highest BCUT2D eigenvalue weighted by Gasteiger charge is 2.31. The van der Waals surface area contributed by atoms with Gasteiger partial charge >= 0.3 is 0 Å². The average Bonchev–Trinajstić information content (AvgIpc) is 1.31. The van der Waals surface area contributed by atoms with E-state index < -0.39 is 0 Å². The van der Waals surface area contributed by atoms with Crippen LogP contribution in [-0.4, -0.2) is 22.1 Å². The molecule has 0 N–H and O–H groups in total. The van der Waals surface area contributed by atoms with Crippen LogP contribution in [0, 0.1) is 0 Å². The minimum absolute atomic E-state index is 0.440. The third kappa shape index (κ3) is 12.1. The number of rotatable bonds is 16. The molecule has 4 aromatic heterocycles. The second kappa shape index (κ2) is 29.9. The standard InChI is InChI=1S/C120H74N6O4/c1-127-92-36-20-35-87(67-92)126(107-43-22-41-97-94(40-21-42-98(97)107)75-27-10-4-11-28-75)108-60-59-102-106-69-91(125(86-34-18-31-78(62-86)73-23-6-2-7-24-73)89-54-56-96-83(64-89)49-46-77-45-47-81(65-104(77)96)74-25-8-3-9-26-74)71-111-113(106)115-101(57-58-103(117(115)129-111)120-122-72-121-119(123-120)84-52-55-100-99-38-16-17-44-109(99)128-110(100)66-84)105-68-90(70-112-114(105)116(102)118(108)130-112)124(85-32-12-5-13-33-85)88-53-51-79-61-82(50-48-80(79)63-88)95-39-19-30-76-29-14-15-37-93(76)95/h2-72H,1H3. The number of furan rings is 3. The van der Waals surface area contributed by atoms with Crippen LogP contribution >= 0.6 is 0 Å². The first-order valence-electron chi connectivity index (χ1n) is 43.9. The molecule has 4 heterocycles. The fourth-order valence-electron chi connectivity index (χ4n) is 20.3. The molecule has 130 heavy (non-hydrogen) atoms. The molecule has 0 saturated carbocycles. The Kier molecular flexibility index (Phi) is 17.0. The van der Waals surface area contributed by atoms with Crippen LogP contribution in [0.15, 0.2) is 444 Å². The van der Waals surface area contributed by atoms with Gasteiger partial charge in [0.15, 0.2) is 17.2 Å². The van der Waals surface area contributed by atoms with Crippen molar-refractivity contribution in [3.05, 3.63) is 431 Å². The zero-order valence-corrected chi connectivity index (χ0v) is 70.3. The molecule has 0 aliphatic rings. The quantitative estimate of drug-likeness (QED) is 0.0870. The van der Waals surface area contributed by atoms with E-state index in [4.69, 9.17) is 32.9 Å². The minimum atomic E-state index is 0.440. The summed E-state index contributed by atoms with van der Waals surface area (Å²) in [7, 11) is 1.73. The molecule has 0 unspecified atom stereocenters. The Labute approximate surface area is 746 Å². The maximum atomic E-state index is 8.17. The van der Waals surface area contributed by atoms with E-state index >= 15 is 0 Å². The van der Waals surface area contributed by atoms with Crippen molar-refractivity contribution in [3.63, 3.8) is 0 Å². The van der Waals surface area contributed by atoms with E-state index in [0.717, 1.165) is 187 Å². The predicted octanol–water partition coefficient (Wildman–Crippen LogP) is 33.5. The van der Waals surface area contributed by atoms with Gasteiger partial charge in [0, 0.05) is 89.9 Å². The van der Waals surface area contributed by atoms with Crippen LogP contribution in [-0.2, 0) is 0 Å². The zero-order chi connectivity index (χ0) is 85.6. The second-order valence-corrected chi connectivity index (χ2v) is 33.6. The molecule has 0 atom stereocenters. The van der Waals surface area contributed by atoms with Crippen molar-refractivity contribution < 1.29 is 18.0 Å². The first-order chi connectivity index (χ1) is 64.4. The summed E-state index contributed by atoms with van der Waals surface area (Å²) in [5.74, 6) is 1.63. The molecule has 10 heteroatoms. The molecule has 0 aliphatic carbocycles. The molecule has 0 radical (unpaired) electrons. The van der Waals surface area contributed by atoms with Gasteiger partial charge in [-0.05, 0) is 236 Å². The van der Waals surface area contributed by atoms with E-state index in [2.05, 4.69) is 409 Å². The van der Waals surface area contributed by atoms with E-state index in [1.807, 2.05) is 30.3 Å². The summed E-state index contributed by atoms with van der Waals surface area (Å²) in [6.07, 6.45) is 1.61. The second-order valence-electron chi connectivity index (χ2n) is 33.6. The van der Waals surface area contributed by atoms with Crippen LogP contribution in [0.1, 0.15) is 0 Å². The summed E-state index contributed by atoms with van der Waals surface area (Å²) < 4.78 is 28.8. The molecule has 0 spiro atoms. The topological polar surface area (TPSA) is 97.0 Å². The van der Waals surface area contributed by atoms with Gasteiger partial charge in [-0.3, -0.25) is 0 Å². The van der Waals surface area contributed by atoms with Crippen LogP contribution in [0.4, 0.5) is 51.2 Å². The average molecular weight is 1660 g/mol. The highest BCUT2D eigenvalue weighted by atomic mass is 16.5. The van der Waals surface area contributed by atoms with Crippen LogP contribution in [0.5, 0.6) is 5.75 Å². The Morgan fingerprint density at radius 3 is 1.51 bits per heavy atom. The van der Waals surface area contributed by atoms with Crippen molar-refractivity contribution >= 4 is 192 Å². The molecule has 0 saturated heterocycles. The van der Waals surface area contributed by atoms with E-state index in [1.165, 1.54) is 32.7 Å². The Bertz CT molecular complexity index is 9080. The van der Waals surface area contributed by atoms with E-state index in [0.29, 0.717) is 45.3 Å². The van der Waals surface area contributed by atoms with Crippen LogP contribution in [0.25, 0.3) is 209 Å². The molecule has 0 bridgehead atoms. The first-order valence-corrected chi connectivity index (χ1v) is 43.9. The van der Waals surface area contributed by atoms with Crippen molar-refractivity contribution in [2.75, 3.05) is 21.8 Å². The molecule has 10 nitrogen and oxygen atoms in total. The van der Waals surface area contributed by atoms with Gasteiger partial charge < -0.3 is 32.7 Å². The van der Waals surface area contributed by atoms with Gasteiger partial charge in [-0.15, -0.1) is 0 Å². The Hall–Kier alpha value is -17.5. The monoisotopic (exact) mass is 1660 g/mol. The first kappa shape index (κ1) is 74.0. The number of methoxy groups -OCH3 is 1. The summed E-state index contributed by atoms with van der Waals surface area (Å²) in [6, 6.07) is 153. The normalized spacial score (nSPS) is 11.9. The Balaban J connectivity index is 0.773. The third-order valence-electron chi connectivity index (χ3n) is 26.3. The summed E-state index contributed by atoms with van der Waals surface area (Å²) in [5, 5.41) is 20.8. The number of ether oxygens (including phenoxy) is 1. The summed E-state index contributed by atoms with van der Waals surface area (Å²) in [5.41, 5.74) is 22.9. The van der Waals surface area contributed by atoms with Gasteiger partial charge in [0.1, 0.15) is 40.0 Å². The fraction of sp³-hybridized carbons (Fsp3) is 0.00833. The maximum Gasteiger partial charge on any atom is 0.167 e. The lowest BCUT2D eigenvalue weighted by Gasteiger charge is -2.28. The lowest BCUT2D eigenvalue weighted by Crippen LogP contribution is -2.11. The van der Waals surface area contributed by atoms with E-state index in [1.54, 1.807) is 13.4 Å². The highest BCUT2D eigenvalue weighted by Crippen LogP contribution is 2.56. The number of benzene rings is 21. The number of nitrogens with zero attached hydrogens (tertiary/aromatic N) is 6. The largest absolute Gasteiger partial charge is 0.497 e. The maximum absolute atomic E-state index is 8.17. The lowest BCUT2D eigenvalue weighted by atomic mass is 9.92. The highest BCUT2D eigenvalue weighted by molar-refractivity contribution is 6.39. The third-order valence-corrected chi connectivity index (χ3v) is 26.3. The molecule has 0 amide bonds. The predicted molar refractivity (Wildman–Crippen MR) is 539 cm³/mol. The smallest absolute Gasteiger partial charge is 0.167 e. The van der Waals surface area contributed by atoms with Crippen LogP contribution < -0.4 is 19.4 Å². The molecule has 22 aromatic carbocycles. The van der Waals surface area contributed by atoms with Crippen molar-refractivity contribution in [1.82, 2.24) is 15.0 Å². The molecule has 26 aromatic rings. The lowest BCUT2D eigenvalue weighted by molar-refractivity contribution is 0.415. The summed E-state index contributed by atoms with van der Waals surface area (Å²) in [6.45, 7) is 0. The van der Waals surface area contributed by atoms with E-state index in [-0.39, 0.29) is 0 Å². The van der Waals surface area contributed by atoms with Crippen molar-refractivity contribution in [3.8, 4) is 73.0 Å². The van der Waals surface area contributed by atoms with Gasteiger partial charge in [0.25, 0.3) is 0 Å². The van der Waals surface area contributed by atoms with Gasteiger partial charge in [0.2, 0.25) is 0 Å². The van der Waals surface area contributed by atoms with Gasteiger partial charge in [-0.2, -0.15) is 0 Å². The minimum Gasteiger partial charge on any atom is -0.497 e. The summed E-state index contributed by atoms with van der Waals surface area (Å²) in [4.78, 5) is 22.6. The zero-order valence-electron chi connectivity index (χ0n) is 70.3. The number of fused-ring (bicyclic) bond motifs is 11. The summed E-state index contributed by atoms with van der Waals surface area (Å²) >= 11 is 0. The van der Waals surface area contributed by atoms with Crippen LogP contribution in [0.2, 0.25) is 0 Å². The number of para-hydroxylation sites is 2. The van der Waals surface area contributed by atoms with E-state index in [9.17, 15) is 0 Å². The molecule has 26 rings (SSSR count). The SMILES string of the molecule is COc1cccc(N(c2cccc3c(-c4ccccc4)cccc23)c2ccc3c4cc(N(c5cccc(-c6ccccc6)c5)c5ccc6c(ccc7ccc(-c8ccccc8)cc76)c5)cc5oc6c(-c7ncnc(-c8ccc9c(c8)oc8ccccc89)n7)ccc(c7cc(N(c8ccccc8)c8ccc9cc(-c%10cccc%11ccccc%10%11)ccc9c8)cc8oc2c3c87)c6c54)c1. The van der Waals surface area contributed by atoms with Crippen molar-refractivity contribution in [1.29, 1.82) is 0 Å². The van der Waals surface area contributed by atoms with Gasteiger partial charge in [-0.1, -0.05) is 285 Å². The van der Waals surface area contributed by atoms with Gasteiger partial charge in [-0.25, -0.2) is 15.0 Å². The Morgan fingerprint density at radius 1 is 0.215 bits per heavy atom.